The molecule has 0 saturated heterocycles. The molecule has 1 aliphatic rings. The first kappa shape index (κ1) is 12.4. The number of nitrogens with zero attached hydrogens (tertiary/aromatic N) is 3. The van der Waals surface area contributed by atoms with E-state index in [0.717, 1.165) is 29.9 Å². The second-order valence-electron chi connectivity index (χ2n) is 4.69. The molecule has 5 heteroatoms. The highest BCUT2D eigenvalue weighted by atomic mass is 35.5. The maximum atomic E-state index is 5.99. The van der Waals surface area contributed by atoms with Crippen molar-refractivity contribution in [1.82, 2.24) is 15.0 Å². The number of nitrogens with one attached hydrogen (secondary N) is 1. The summed E-state index contributed by atoms with van der Waals surface area (Å²) in [6.07, 6.45) is 8.03. The molecule has 19 heavy (non-hydrogen) atoms. The molecule has 4 nitrogen and oxygen atoms in total. The molecule has 0 bridgehead atoms. The Labute approximate surface area is 117 Å². The molecular formula is C14H15ClN4. The number of hydrogen-bond acceptors (Lipinski definition) is 4. The third kappa shape index (κ3) is 2.84. The molecule has 2 heterocycles. The average Bonchev–Trinajstić information content (AvgIpc) is 2.45. The number of aromatic nitrogens is 3. The van der Waals surface area contributed by atoms with Crippen molar-refractivity contribution in [2.45, 2.75) is 32.2 Å². The van der Waals surface area contributed by atoms with E-state index in [1.165, 1.54) is 18.4 Å². The molecule has 2 aromatic rings. The van der Waals surface area contributed by atoms with Crippen molar-refractivity contribution in [3.05, 3.63) is 46.6 Å². The van der Waals surface area contributed by atoms with Crippen LogP contribution in [0.3, 0.4) is 0 Å². The predicted molar refractivity (Wildman–Crippen MR) is 75.2 cm³/mol. The van der Waals surface area contributed by atoms with Crippen LogP contribution in [0.2, 0.25) is 5.28 Å². The first-order chi connectivity index (χ1) is 9.33. The van der Waals surface area contributed by atoms with Gasteiger partial charge in [-0.1, -0.05) is 6.07 Å². The number of anilines is 1. The second-order valence-corrected chi connectivity index (χ2v) is 5.03. The zero-order valence-corrected chi connectivity index (χ0v) is 11.3. The van der Waals surface area contributed by atoms with Gasteiger partial charge < -0.3 is 5.32 Å². The fraction of sp³-hybridized carbons (Fsp3) is 0.357. The van der Waals surface area contributed by atoms with Gasteiger partial charge in [0.25, 0.3) is 0 Å². The summed E-state index contributed by atoms with van der Waals surface area (Å²) in [5, 5.41) is 3.68. The summed E-state index contributed by atoms with van der Waals surface area (Å²) in [7, 11) is 0. The van der Waals surface area contributed by atoms with E-state index in [1.54, 1.807) is 6.20 Å². The summed E-state index contributed by atoms with van der Waals surface area (Å²) in [4.78, 5) is 12.8. The van der Waals surface area contributed by atoms with Crippen LogP contribution in [-0.2, 0) is 19.4 Å². The molecule has 0 aromatic carbocycles. The van der Waals surface area contributed by atoms with Crippen molar-refractivity contribution in [2.24, 2.45) is 0 Å². The van der Waals surface area contributed by atoms with Gasteiger partial charge in [0.2, 0.25) is 5.28 Å². The zero-order valence-electron chi connectivity index (χ0n) is 10.6. The van der Waals surface area contributed by atoms with Crippen LogP contribution >= 0.6 is 11.6 Å². The fourth-order valence-corrected chi connectivity index (χ4v) is 2.59. The first-order valence-electron chi connectivity index (χ1n) is 6.51. The number of rotatable bonds is 3. The van der Waals surface area contributed by atoms with E-state index < -0.39 is 0 Å². The molecule has 0 aliphatic heterocycles. The molecule has 2 aromatic heterocycles. The van der Waals surface area contributed by atoms with Crippen LogP contribution in [-0.4, -0.2) is 15.0 Å². The molecule has 1 N–H and O–H groups in total. The van der Waals surface area contributed by atoms with E-state index in [4.69, 9.17) is 11.6 Å². The van der Waals surface area contributed by atoms with Crippen LogP contribution in [0, 0.1) is 0 Å². The number of halogens is 1. The maximum Gasteiger partial charge on any atom is 0.224 e. The van der Waals surface area contributed by atoms with Gasteiger partial charge in [0, 0.05) is 24.5 Å². The number of hydrogen-bond donors (Lipinski definition) is 1. The number of fused-ring (bicyclic) bond motifs is 1. The predicted octanol–water partition coefficient (Wildman–Crippen LogP) is 3.02. The molecule has 0 radical (unpaired) electrons. The summed E-state index contributed by atoms with van der Waals surface area (Å²) >= 11 is 5.99. The lowest BCUT2D eigenvalue weighted by molar-refractivity contribution is 0.663. The van der Waals surface area contributed by atoms with Crippen molar-refractivity contribution >= 4 is 17.4 Å². The molecule has 0 atom stereocenters. The minimum Gasteiger partial charge on any atom is -0.366 e. The van der Waals surface area contributed by atoms with Gasteiger partial charge in [0.05, 0.1) is 5.69 Å². The SMILES string of the molecule is Clc1nc2c(c(NCc3cccnc3)n1)CCCC2. The van der Waals surface area contributed by atoms with Crippen LogP contribution in [0.4, 0.5) is 5.82 Å². The molecular weight excluding hydrogens is 260 g/mol. The smallest absolute Gasteiger partial charge is 0.224 e. The van der Waals surface area contributed by atoms with Crippen molar-refractivity contribution in [3.63, 3.8) is 0 Å². The van der Waals surface area contributed by atoms with Gasteiger partial charge in [-0.3, -0.25) is 4.98 Å². The lowest BCUT2D eigenvalue weighted by Gasteiger charge is -2.18. The molecule has 0 unspecified atom stereocenters. The van der Waals surface area contributed by atoms with Crippen LogP contribution in [0.5, 0.6) is 0 Å². The standard InChI is InChI=1S/C14H15ClN4/c15-14-18-12-6-2-1-5-11(12)13(19-14)17-9-10-4-3-7-16-8-10/h3-4,7-8H,1-2,5-6,9H2,(H,17,18,19). The Morgan fingerprint density at radius 2 is 2.11 bits per heavy atom. The number of pyridine rings is 1. The maximum absolute atomic E-state index is 5.99. The van der Waals surface area contributed by atoms with Gasteiger partial charge >= 0.3 is 0 Å². The summed E-state index contributed by atoms with van der Waals surface area (Å²) in [6, 6.07) is 3.97. The Morgan fingerprint density at radius 3 is 2.95 bits per heavy atom. The lowest BCUT2D eigenvalue weighted by atomic mass is 9.96. The van der Waals surface area contributed by atoms with E-state index >= 15 is 0 Å². The van der Waals surface area contributed by atoms with Gasteiger partial charge in [0.1, 0.15) is 5.82 Å². The van der Waals surface area contributed by atoms with Gasteiger partial charge in [-0.05, 0) is 48.9 Å². The normalized spacial score (nSPS) is 13.9. The Morgan fingerprint density at radius 1 is 1.21 bits per heavy atom. The van der Waals surface area contributed by atoms with Crippen molar-refractivity contribution < 1.29 is 0 Å². The van der Waals surface area contributed by atoms with Gasteiger partial charge in [-0.15, -0.1) is 0 Å². The summed E-state index contributed by atoms with van der Waals surface area (Å²) in [5.41, 5.74) is 3.45. The van der Waals surface area contributed by atoms with E-state index in [0.29, 0.717) is 11.8 Å². The minimum absolute atomic E-state index is 0.328. The molecule has 0 spiro atoms. The lowest BCUT2D eigenvalue weighted by Crippen LogP contribution is -2.12. The highest BCUT2D eigenvalue weighted by Gasteiger charge is 2.17. The summed E-state index contributed by atoms with van der Waals surface area (Å²) in [5.74, 6) is 0.874. The Balaban J connectivity index is 1.82. The van der Waals surface area contributed by atoms with Crippen LogP contribution in [0.1, 0.15) is 29.7 Å². The summed E-state index contributed by atoms with van der Waals surface area (Å²) in [6.45, 7) is 0.702. The van der Waals surface area contributed by atoms with E-state index in [-0.39, 0.29) is 0 Å². The van der Waals surface area contributed by atoms with Gasteiger partial charge in [0.15, 0.2) is 0 Å². The van der Waals surface area contributed by atoms with Gasteiger partial charge in [-0.2, -0.15) is 0 Å². The van der Waals surface area contributed by atoms with Crippen molar-refractivity contribution in [3.8, 4) is 0 Å². The quantitative estimate of drug-likeness (QED) is 0.874. The highest BCUT2D eigenvalue weighted by molar-refractivity contribution is 6.28. The fourth-order valence-electron chi connectivity index (χ4n) is 2.40. The van der Waals surface area contributed by atoms with Crippen LogP contribution < -0.4 is 5.32 Å². The molecule has 98 valence electrons. The molecule has 0 saturated carbocycles. The molecule has 1 aliphatic carbocycles. The molecule has 0 amide bonds. The Hall–Kier alpha value is -1.68. The molecule has 3 rings (SSSR count). The average molecular weight is 275 g/mol. The Bertz CT molecular complexity index is 571. The Kier molecular flexibility index (Phi) is 3.60. The topological polar surface area (TPSA) is 50.7 Å². The van der Waals surface area contributed by atoms with Crippen LogP contribution in [0.25, 0.3) is 0 Å². The minimum atomic E-state index is 0.328. The van der Waals surface area contributed by atoms with Crippen molar-refractivity contribution in [2.75, 3.05) is 5.32 Å². The third-order valence-electron chi connectivity index (χ3n) is 3.34. The third-order valence-corrected chi connectivity index (χ3v) is 3.51. The number of aryl methyl sites for hydroxylation is 1. The first-order valence-corrected chi connectivity index (χ1v) is 6.89. The summed E-state index contributed by atoms with van der Waals surface area (Å²) < 4.78 is 0. The largest absolute Gasteiger partial charge is 0.366 e. The molecule has 0 fully saturated rings. The van der Waals surface area contributed by atoms with Crippen molar-refractivity contribution in [1.29, 1.82) is 0 Å². The van der Waals surface area contributed by atoms with Crippen LogP contribution in [0.15, 0.2) is 24.5 Å². The second kappa shape index (κ2) is 5.53. The van der Waals surface area contributed by atoms with E-state index in [1.807, 2.05) is 18.3 Å². The van der Waals surface area contributed by atoms with Gasteiger partial charge in [-0.25, -0.2) is 9.97 Å². The van der Waals surface area contributed by atoms with E-state index in [2.05, 4.69) is 20.3 Å². The highest BCUT2D eigenvalue weighted by Crippen LogP contribution is 2.26. The van der Waals surface area contributed by atoms with E-state index in [9.17, 15) is 0 Å². The zero-order chi connectivity index (χ0) is 13.1. The monoisotopic (exact) mass is 274 g/mol.